The van der Waals surface area contributed by atoms with E-state index in [1.54, 1.807) is 0 Å². The summed E-state index contributed by atoms with van der Waals surface area (Å²) in [7, 11) is 0. The molecule has 0 saturated carbocycles. The number of aliphatic carboxylic acids is 1. The number of ether oxygens (including phenoxy) is 1. The average molecular weight is 680 g/mol. The molecule has 0 aliphatic rings. The Morgan fingerprint density at radius 2 is 1.06 bits per heavy atom. The van der Waals surface area contributed by atoms with Gasteiger partial charge in [0.25, 0.3) is 0 Å². The van der Waals surface area contributed by atoms with E-state index in [4.69, 9.17) is 9.84 Å². The second-order valence-corrected chi connectivity index (χ2v) is 12.4. The highest BCUT2D eigenvalue weighted by atomic mass is 16.5. The number of esters is 1. The summed E-state index contributed by atoms with van der Waals surface area (Å²) in [6.07, 6.45) is 51.6. The molecule has 2 N–H and O–H groups in total. The van der Waals surface area contributed by atoms with Crippen molar-refractivity contribution in [3.05, 3.63) is 85.1 Å². The molecule has 1 amide bonds. The molecule has 0 radical (unpaired) electrons. The average Bonchev–Trinajstić information content (AvgIpc) is 3.08. The smallest absolute Gasteiger partial charge is 0.322 e. The molecule has 0 heterocycles. The zero-order chi connectivity index (χ0) is 35.9. The van der Waals surface area contributed by atoms with Crippen LogP contribution in [-0.2, 0) is 19.1 Å². The van der Waals surface area contributed by atoms with Gasteiger partial charge >= 0.3 is 11.9 Å². The Bertz CT molecular complexity index is 1020. The molecule has 0 aliphatic heterocycles. The summed E-state index contributed by atoms with van der Waals surface area (Å²) in [5.74, 6) is -1.37. The van der Waals surface area contributed by atoms with Crippen LogP contribution in [0.5, 0.6) is 0 Å². The zero-order valence-electron chi connectivity index (χ0n) is 31.0. The van der Waals surface area contributed by atoms with Crippen LogP contribution in [0.3, 0.4) is 0 Å². The van der Waals surface area contributed by atoms with E-state index < -0.39 is 5.97 Å². The van der Waals surface area contributed by atoms with Crippen molar-refractivity contribution in [1.29, 1.82) is 0 Å². The molecule has 0 rings (SSSR count). The number of hydrogen-bond acceptors (Lipinski definition) is 4. The third-order valence-corrected chi connectivity index (χ3v) is 7.79. The first-order valence-corrected chi connectivity index (χ1v) is 19.2. The maximum atomic E-state index is 12.6. The Labute approximate surface area is 299 Å². The summed E-state index contributed by atoms with van der Waals surface area (Å²) in [5.41, 5.74) is 0. The fourth-order valence-corrected chi connectivity index (χ4v) is 4.95. The van der Waals surface area contributed by atoms with Gasteiger partial charge in [-0.05, 0) is 96.0 Å². The van der Waals surface area contributed by atoms with Gasteiger partial charge < -0.3 is 15.2 Å². The first-order chi connectivity index (χ1) is 24.0. The van der Waals surface area contributed by atoms with Gasteiger partial charge in [0.2, 0.25) is 5.91 Å². The lowest BCUT2D eigenvalue weighted by molar-refractivity contribution is -0.147. The summed E-state index contributed by atoms with van der Waals surface area (Å²) in [6, 6.07) is 0. The van der Waals surface area contributed by atoms with Crippen LogP contribution < -0.4 is 5.32 Å². The van der Waals surface area contributed by atoms with Crippen molar-refractivity contribution in [2.45, 2.75) is 161 Å². The van der Waals surface area contributed by atoms with Crippen LogP contribution in [0.1, 0.15) is 155 Å². The number of rotatable bonds is 33. The maximum absolute atomic E-state index is 12.6. The van der Waals surface area contributed by atoms with Gasteiger partial charge in [0.05, 0.1) is 0 Å². The van der Waals surface area contributed by atoms with Crippen molar-refractivity contribution < 1.29 is 24.2 Å². The van der Waals surface area contributed by atoms with E-state index in [0.29, 0.717) is 12.8 Å². The van der Waals surface area contributed by atoms with Crippen molar-refractivity contribution in [2.75, 3.05) is 6.54 Å². The Balaban J connectivity index is 4.02. The Morgan fingerprint density at radius 1 is 0.571 bits per heavy atom. The van der Waals surface area contributed by atoms with Gasteiger partial charge in [0.1, 0.15) is 12.6 Å². The highest BCUT2D eigenvalue weighted by Crippen LogP contribution is 2.14. The molecule has 1 unspecified atom stereocenters. The third kappa shape index (κ3) is 37.3. The van der Waals surface area contributed by atoms with Gasteiger partial charge in [-0.1, -0.05) is 131 Å². The summed E-state index contributed by atoms with van der Waals surface area (Å²) < 4.78 is 5.83. The zero-order valence-corrected chi connectivity index (χ0v) is 31.0. The van der Waals surface area contributed by atoms with Crippen molar-refractivity contribution in [2.24, 2.45) is 0 Å². The van der Waals surface area contributed by atoms with Crippen LogP contribution in [0.4, 0.5) is 0 Å². The standard InChI is InChI=1S/C43H69NO5/c1-3-5-7-9-10-11-12-13-14-15-16-17-18-19-20-21-22-23-24-25-26-28-34-38-43(48)49-40(35-31-27-8-6-4-2)36-32-29-30-33-37-41(45)44-39-42(46)47/h5,7,10-11,13-14,16-17,19-20,22-23,31,35,40H,3-4,6,8-9,12,15,18,21,24-30,32-34,36-39H2,1-2H3,(H,44,45)(H,46,47)/b7-5-,11-10-,14-13-,17-16-,20-19-,23-22-,35-31-. The van der Waals surface area contributed by atoms with Gasteiger partial charge in [0, 0.05) is 12.8 Å². The number of carboxylic acid groups (broad SMARTS) is 1. The van der Waals surface area contributed by atoms with Crippen LogP contribution >= 0.6 is 0 Å². The Kier molecular flexibility index (Phi) is 34.8. The van der Waals surface area contributed by atoms with Gasteiger partial charge in [0.15, 0.2) is 0 Å². The lowest BCUT2D eigenvalue weighted by Crippen LogP contribution is -2.28. The monoisotopic (exact) mass is 680 g/mol. The van der Waals surface area contributed by atoms with Crippen molar-refractivity contribution >= 4 is 17.8 Å². The fourth-order valence-electron chi connectivity index (χ4n) is 4.95. The molecule has 276 valence electrons. The summed E-state index contributed by atoms with van der Waals surface area (Å²) in [4.78, 5) is 34.7. The molecule has 49 heavy (non-hydrogen) atoms. The molecule has 0 spiro atoms. The van der Waals surface area contributed by atoms with Crippen LogP contribution in [0.25, 0.3) is 0 Å². The van der Waals surface area contributed by atoms with Gasteiger partial charge in [-0.3, -0.25) is 14.4 Å². The Hall–Kier alpha value is -3.41. The fraction of sp³-hybridized carbons (Fsp3) is 0.605. The SMILES string of the molecule is CC/C=C\C/C=C\C/C=C\C/C=C\C/C=C\C/C=C\CCCCCCC(=O)OC(/C=C\CCCCC)CCCCCCC(=O)NCC(=O)O. The van der Waals surface area contributed by atoms with Crippen molar-refractivity contribution in [3.63, 3.8) is 0 Å². The summed E-state index contributed by atoms with van der Waals surface area (Å²) >= 11 is 0. The van der Waals surface area contributed by atoms with E-state index in [2.05, 4.69) is 104 Å². The summed E-state index contributed by atoms with van der Waals surface area (Å²) in [5, 5.41) is 11.0. The lowest BCUT2D eigenvalue weighted by Gasteiger charge is -2.15. The van der Waals surface area contributed by atoms with Gasteiger partial charge in [-0.25, -0.2) is 0 Å². The number of amides is 1. The van der Waals surface area contributed by atoms with Gasteiger partial charge in [-0.2, -0.15) is 0 Å². The molecule has 1 atom stereocenters. The molecule has 0 aromatic carbocycles. The van der Waals surface area contributed by atoms with E-state index in [-0.39, 0.29) is 24.5 Å². The predicted octanol–water partition coefficient (Wildman–Crippen LogP) is 11.6. The minimum atomic E-state index is -1.03. The number of allylic oxidation sites excluding steroid dienone is 13. The summed E-state index contributed by atoms with van der Waals surface area (Å²) in [6.45, 7) is 4.01. The topological polar surface area (TPSA) is 92.7 Å². The van der Waals surface area contributed by atoms with E-state index in [0.717, 1.165) is 116 Å². The molecule has 0 fully saturated rings. The molecule has 0 saturated heterocycles. The number of carboxylic acids is 1. The highest BCUT2D eigenvalue weighted by Gasteiger charge is 2.12. The molecule has 0 aliphatic carbocycles. The third-order valence-electron chi connectivity index (χ3n) is 7.79. The number of unbranched alkanes of at least 4 members (excludes halogenated alkanes) is 10. The van der Waals surface area contributed by atoms with E-state index in [9.17, 15) is 14.4 Å². The first kappa shape index (κ1) is 45.6. The van der Waals surface area contributed by atoms with Crippen LogP contribution in [-0.4, -0.2) is 35.6 Å². The van der Waals surface area contributed by atoms with Crippen LogP contribution in [0.2, 0.25) is 0 Å². The largest absolute Gasteiger partial charge is 0.480 e. The number of carbonyl (C=O) groups excluding carboxylic acids is 2. The molecule has 6 nitrogen and oxygen atoms in total. The number of nitrogens with one attached hydrogen (secondary N) is 1. The van der Waals surface area contributed by atoms with E-state index in [1.165, 1.54) is 12.8 Å². The van der Waals surface area contributed by atoms with Crippen LogP contribution in [0.15, 0.2) is 85.1 Å². The minimum Gasteiger partial charge on any atom is -0.480 e. The van der Waals surface area contributed by atoms with Crippen LogP contribution in [0, 0.1) is 0 Å². The number of hydrogen-bond donors (Lipinski definition) is 2. The van der Waals surface area contributed by atoms with Crippen molar-refractivity contribution in [3.8, 4) is 0 Å². The quantitative estimate of drug-likeness (QED) is 0.0409. The minimum absolute atomic E-state index is 0.115. The molecular weight excluding hydrogens is 610 g/mol. The Morgan fingerprint density at radius 3 is 1.63 bits per heavy atom. The molecule has 0 aromatic heterocycles. The molecule has 6 heteroatoms. The molecule has 0 aromatic rings. The highest BCUT2D eigenvalue weighted by molar-refractivity contribution is 5.80. The molecular formula is C43H69NO5. The molecule has 0 bridgehead atoms. The predicted molar refractivity (Wildman–Crippen MR) is 207 cm³/mol. The van der Waals surface area contributed by atoms with Crippen molar-refractivity contribution in [1.82, 2.24) is 5.32 Å². The second-order valence-electron chi connectivity index (χ2n) is 12.4. The van der Waals surface area contributed by atoms with E-state index >= 15 is 0 Å². The lowest BCUT2D eigenvalue weighted by atomic mass is 10.1. The first-order valence-electron chi connectivity index (χ1n) is 19.2. The van der Waals surface area contributed by atoms with E-state index in [1.807, 2.05) is 0 Å². The second kappa shape index (κ2) is 37.4. The number of carbonyl (C=O) groups is 3. The normalized spacial score (nSPS) is 13.0. The maximum Gasteiger partial charge on any atom is 0.322 e. The van der Waals surface area contributed by atoms with Gasteiger partial charge in [-0.15, -0.1) is 0 Å².